The summed E-state index contributed by atoms with van der Waals surface area (Å²) in [6.45, 7) is -0.918. The molecule has 0 aliphatic heterocycles. The summed E-state index contributed by atoms with van der Waals surface area (Å²) in [6, 6.07) is 3.91. The molecular formula is C13H10Cl2F9NOTi. The van der Waals surface area contributed by atoms with E-state index in [2.05, 4.69) is 4.99 Å². The molecule has 0 saturated carbocycles. The van der Waals surface area contributed by atoms with Gasteiger partial charge in [0.05, 0.1) is 0 Å². The zero-order valence-corrected chi connectivity index (χ0v) is 16.1. The van der Waals surface area contributed by atoms with Gasteiger partial charge in [-0.15, -0.1) is 0 Å². The molecule has 0 radical (unpaired) electrons. The number of benzene rings is 1. The predicted octanol–water partition coefficient (Wildman–Crippen LogP) is 5.96. The Labute approximate surface area is 164 Å². The Morgan fingerprint density at radius 2 is 1.48 bits per heavy atom. The molecule has 0 aliphatic carbocycles. The molecule has 0 fully saturated rings. The second kappa shape index (κ2) is 9.71. The number of phenolic OH excluding ortho intramolecular Hbond substituents is 1. The molecule has 14 heteroatoms. The van der Waals surface area contributed by atoms with E-state index in [1.165, 1.54) is 19.1 Å². The number of hydrogen-bond donors (Lipinski definition) is 1. The van der Waals surface area contributed by atoms with Crippen LogP contribution in [-0.4, -0.2) is 41.8 Å². The van der Waals surface area contributed by atoms with Crippen molar-refractivity contribution in [2.75, 3.05) is 6.54 Å². The van der Waals surface area contributed by atoms with Crippen molar-refractivity contribution in [2.45, 2.75) is 30.9 Å². The molecule has 0 heterocycles. The van der Waals surface area contributed by atoms with E-state index in [0.717, 1.165) is 6.07 Å². The zero-order valence-electron chi connectivity index (χ0n) is 13.1. The first-order valence-corrected chi connectivity index (χ1v) is 10.8. The fourth-order valence-electron chi connectivity index (χ4n) is 1.55. The van der Waals surface area contributed by atoms with Gasteiger partial charge in [0.25, 0.3) is 0 Å². The SMILES string of the molecule is Cc1cccc(C=NCC(F)(F)C(F)(F)C(F)(F)C(F)(F)F)c1O.[Cl][Ti][Cl]. The number of alkyl halides is 9. The molecule has 154 valence electrons. The van der Waals surface area contributed by atoms with Crippen LogP contribution in [0.25, 0.3) is 0 Å². The van der Waals surface area contributed by atoms with Crippen LogP contribution in [0.15, 0.2) is 23.2 Å². The van der Waals surface area contributed by atoms with Crippen molar-refractivity contribution < 1.29 is 61.7 Å². The number of phenols is 1. The molecule has 1 aromatic carbocycles. The molecule has 0 saturated heterocycles. The van der Waals surface area contributed by atoms with E-state index in [1.54, 1.807) is 0 Å². The first-order valence-electron chi connectivity index (χ1n) is 6.51. The summed E-state index contributed by atoms with van der Waals surface area (Å²) in [4.78, 5) is 2.76. The predicted molar refractivity (Wildman–Crippen MR) is 77.9 cm³/mol. The van der Waals surface area contributed by atoms with Gasteiger partial charge in [0.15, 0.2) is 0 Å². The Kier molecular flexibility index (Phi) is 9.48. The fraction of sp³-hybridized carbons (Fsp3) is 0.462. The van der Waals surface area contributed by atoms with Crippen molar-refractivity contribution >= 4 is 24.8 Å². The van der Waals surface area contributed by atoms with E-state index in [0.29, 0.717) is 6.21 Å². The van der Waals surface area contributed by atoms with Crippen LogP contribution in [0.1, 0.15) is 11.1 Å². The van der Waals surface area contributed by atoms with Gasteiger partial charge in [0.1, 0.15) is 12.3 Å². The van der Waals surface area contributed by atoms with Gasteiger partial charge in [0.2, 0.25) is 0 Å². The summed E-state index contributed by atoms with van der Waals surface area (Å²) in [7, 11) is 9.78. The molecule has 0 aliphatic rings. The topological polar surface area (TPSA) is 32.6 Å². The molecule has 0 bridgehead atoms. The molecule has 2 nitrogen and oxygen atoms in total. The molecule has 0 amide bonds. The molecule has 1 N–H and O–H groups in total. The molecule has 27 heavy (non-hydrogen) atoms. The molecule has 0 atom stereocenters. The van der Waals surface area contributed by atoms with Crippen LogP contribution >= 0.6 is 18.6 Å². The third kappa shape index (κ3) is 6.17. The molecular weight excluding hydrogens is 476 g/mol. The number of nitrogens with zero attached hydrogens (tertiary/aromatic N) is 1. The van der Waals surface area contributed by atoms with E-state index in [-0.39, 0.29) is 11.1 Å². The van der Waals surface area contributed by atoms with E-state index in [1.807, 2.05) is 0 Å². The van der Waals surface area contributed by atoms with Crippen molar-refractivity contribution in [3.63, 3.8) is 0 Å². The van der Waals surface area contributed by atoms with Gasteiger partial charge in [-0.05, 0) is 18.6 Å². The number of aliphatic imine (C=N–C) groups is 1. The summed E-state index contributed by atoms with van der Waals surface area (Å²) < 4.78 is 113. The first-order chi connectivity index (χ1) is 12.1. The normalized spacial score (nSPS) is 13.3. The van der Waals surface area contributed by atoms with Gasteiger partial charge in [-0.3, -0.25) is 4.99 Å². The summed E-state index contributed by atoms with van der Waals surface area (Å²) in [6.07, 6.45) is -6.39. The molecule has 0 spiro atoms. The van der Waals surface area contributed by atoms with Crippen molar-refractivity contribution in [3.05, 3.63) is 29.3 Å². The van der Waals surface area contributed by atoms with E-state index < -0.39 is 53.3 Å². The summed E-state index contributed by atoms with van der Waals surface area (Å²) >= 11 is -0.556. The Hall–Kier alpha value is -0.646. The Bertz CT molecular complexity index is 653. The van der Waals surface area contributed by atoms with Gasteiger partial charge in [0, 0.05) is 11.8 Å². The van der Waals surface area contributed by atoms with Gasteiger partial charge in [-0.25, -0.2) is 0 Å². The van der Waals surface area contributed by atoms with Crippen molar-refractivity contribution in [2.24, 2.45) is 4.99 Å². The van der Waals surface area contributed by atoms with Gasteiger partial charge in [-0.1, -0.05) is 12.1 Å². The minimum absolute atomic E-state index is 0.198. The Balaban J connectivity index is 0.00000210. The van der Waals surface area contributed by atoms with Gasteiger partial charge >= 0.3 is 59.6 Å². The number of aryl methyl sites for hydroxylation is 1. The zero-order chi connectivity index (χ0) is 21.7. The third-order valence-corrected chi connectivity index (χ3v) is 3.00. The number of rotatable bonds is 5. The standard InChI is InChI=1S/C13H10F9NO.2ClH.Ti/c1-7-3-2-4-8(9(7)24)5-23-6-10(14,15)11(16,17)12(18,19)13(20,21)22;;;/h2-5,24H,6H2,1H3;2*1H;/q;;;+2/p-2. The van der Waals surface area contributed by atoms with Crippen LogP contribution in [0.4, 0.5) is 39.5 Å². The maximum atomic E-state index is 13.2. The number of para-hydroxylation sites is 1. The van der Waals surface area contributed by atoms with Crippen LogP contribution in [0.3, 0.4) is 0 Å². The molecule has 1 aromatic rings. The summed E-state index contributed by atoms with van der Waals surface area (Å²) in [5.41, 5.74) is 0.0799. The second-order valence-electron chi connectivity index (χ2n) is 4.90. The van der Waals surface area contributed by atoms with Crippen LogP contribution in [0.5, 0.6) is 5.75 Å². The van der Waals surface area contributed by atoms with Gasteiger partial charge < -0.3 is 5.11 Å². The quantitative estimate of drug-likeness (QED) is 0.311. The molecule has 0 aromatic heterocycles. The second-order valence-corrected chi connectivity index (χ2v) is 7.48. The minimum atomic E-state index is -6.94. The monoisotopic (exact) mass is 485 g/mol. The molecule has 1 rings (SSSR count). The first kappa shape index (κ1) is 26.4. The van der Waals surface area contributed by atoms with Crippen LogP contribution < -0.4 is 0 Å². The van der Waals surface area contributed by atoms with Crippen molar-refractivity contribution in [1.82, 2.24) is 0 Å². The average molecular weight is 486 g/mol. The summed E-state index contributed by atoms with van der Waals surface area (Å²) in [5, 5.41) is 9.53. The van der Waals surface area contributed by atoms with E-state index in [9.17, 15) is 44.6 Å². The van der Waals surface area contributed by atoms with E-state index >= 15 is 0 Å². The van der Waals surface area contributed by atoms with E-state index in [4.69, 9.17) is 18.6 Å². The third-order valence-electron chi connectivity index (χ3n) is 3.00. The van der Waals surface area contributed by atoms with Crippen molar-refractivity contribution in [1.29, 1.82) is 0 Å². The summed E-state index contributed by atoms with van der Waals surface area (Å²) in [5.74, 6) is -19.9. The molecule has 0 unspecified atom stereocenters. The van der Waals surface area contributed by atoms with Gasteiger partial charge in [-0.2, -0.15) is 39.5 Å². The van der Waals surface area contributed by atoms with Crippen LogP contribution in [-0.2, 0) is 17.0 Å². The number of halogens is 11. The van der Waals surface area contributed by atoms with Crippen LogP contribution in [0, 0.1) is 6.92 Å². The number of aromatic hydroxyl groups is 1. The Morgan fingerprint density at radius 3 is 1.93 bits per heavy atom. The van der Waals surface area contributed by atoms with Crippen LogP contribution in [0.2, 0.25) is 0 Å². The average Bonchev–Trinajstić information content (AvgIpc) is 2.50. The maximum absolute atomic E-state index is 13.2. The Morgan fingerprint density at radius 1 is 1.00 bits per heavy atom. The fourth-order valence-corrected chi connectivity index (χ4v) is 1.55. The van der Waals surface area contributed by atoms with Crippen molar-refractivity contribution in [3.8, 4) is 5.75 Å². The number of hydrogen-bond acceptors (Lipinski definition) is 2.